The molecule has 1 heterocycles. The summed E-state index contributed by atoms with van der Waals surface area (Å²) < 4.78 is 13.0. The van der Waals surface area contributed by atoms with Crippen molar-refractivity contribution in [1.82, 2.24) is 10.3 Å². The largest absolute Gasteiger partial charge is 0.384 e. The Balaban J connectivity index is 1.94. The summed E-state index contributed by atoms with van der Waals surface area (Å²) in [4.78, 5) is 15.8. The second kappa shape index (κ2) is 6.34. The highest BCUT2D eigenvalue weighted by atomic mass is 35.5. The van der Waals surface area contributed by atoms with Crippen LogP contribution < -0.4 is 11.1 Å². The topological polar surface area (TPSA) is 68.0 Å². The monoisotopic (exact) mass is 293 g/mol. The third-order valence-corrected chi connectivity index (χ3v) is 2.98. The Bertz CT molecular complexity index is 634. The molecule has 0 spiro atoms. The summed E-state index contributed by atoms with van der Waals surface area (Å²) in [6, 6.07) is 9.26. The first-order valence-corrected chi connectivity index (χ1v) is 6.39. The number of carbonyl (C=O) groups is 1. The van der Waals surface area contributed by atoms with E-state index in [1.165, 1.54) is 24.3 Å². The quantitative estimate of drug-likeness (QED) is 0.910. The number of hydrogen-bond donors (Lipinski definition) is 2. The maximum atomic E-state index is 13.0. The number of nitrogens with one attached hydrogen (secondary N) is 1. The Hall–Kier alpha value is -2.14. The number of carbonyl (C=O) groups excluding carboxylic acids is 1. The van der Waals surface area contributed by atoms with Gasteiger partial charge in [-0.2, -0.15) is 0 Å². The lowest BCUT2D eigenvalue weighted by molar-refractivity contribution is 0.0949. The molecule has 2 rings (SSSR count). The molecule has 0 fully saturated rings. The molecule has 1 aromatic heterocycles. The van der Waals surface area contributed by atoms with Crippen molar-refractivity contribution in [3.63, 3.8) is 0 Å². The van der Waals surface area contributed by atoms with E-state index in [4.69, 9.17) is 17.3 Å². The first-order chi connectivity index (χ1) is 9.56. The molecule has 0 saturated carbocycles. The number of nitrogen functional groups attached to an aromatic ring is 1. The van der Waals surface area contributed by atoms with Gasteiger partial charge in [-0.15, -0.1) is 0 Å². The number of pyridine rings is 1. The van der Waals surface area contributed by atoms with E-state index in [0.29, 0.717) is 13.0 Å². The van der Waals surface area contributed by atoms with E-state index < -0.39 is 5.91 Å². The lowest BCUT2D eigenvalue weighted by Crippen LogP contribution is -2.27. The van der Waals surface area contributed by atoms with E-state index in [1.807, 2.05) is 0 Å². The van der Waals surface area contributed by atoms with Crippen molar-refractivity contribution in [3.8, 4) is 0 Å². The zero-order valence-corrected chi connectivity index (χ0v) is 11.3. The lowest BCUT2D eigenvalue weighted by Gasteiger charge is -2.07. The molecule has 2 aromatic rings. The minimum absolute atomic E-state index is 0.0888. The molecule has 3 N–H and O–H groups in total. The van der Waals surface area contributed by atoms with Crippen molar-refractivity contribution < 1.29 is 9.18 Å². The normalized spacial score (nSPS) is 10.3. The van der Waals surface area contributed by atoms with E-state index in [1.54, 1.807) is 12.1 Å². The molecule has 0 aliphatic rings. The fraction of sp³-hybridized carbons (Fsp3) is 0.143. The minimum Gasteiger partial charge on any atom is -0.384 e. The maximum Gasteiger partial charge on any atom is 0.271 e. The number of rotatable bonds is 4. The smallest absolute Gasteiger partial charge is 0.271 e. The Labute approximate surface area is 120 Å². The Morgan fingerprint density at radius 3 is 2.90 bits per heavy atom. The standard InChI is InChI=1S/C14H13ClFN3O/c15-11-4-5-12(17)19-13(11)14(20)18-7-6-9-2-1-3-10(16)8-9/h1-5,8H,6-7H2,(H2,17,19)(H,18,20). The van der Waals surface area contributed by atoms with Gasteiger partial charge in [-0.3, -0.25) is 4.79 Å². The molecule has 20 heavy (non-hydrogen) atoms. The van der Waals surface area contributed by atoms with Crippen LogP contribution in [-0.2, 0) is 6.42 Å². The average molecular weight is 294 g/mol. The van der Waals surface area contributed by atoms with E-state index in [-0.39, 0.29) is 22.4 Å². The number of nitrogens with zero attached hydrogens (tertiary/aromatic N) is 1. The summed E-state index contributed by atoms with van der Waals surface area (Å²) in [7, 11) is 0. The number of hydrogen-bond acceptors (Lipinski definition) is 3. The second-order valence-corrected chi connectivity index (χ2v) is 4.61. The zero-order valence-electron chi connectivity index (χ0n) is 10.6. The molecule has 0 bridgehead atoms. The van der Waals surface area contributed by atoms with Crippen LogP contribution in [-0.4, -0.2) is 17.4 Å². The van der Waals surface area contributed by atoms with Gasteiger partial charge >= 0.3 is 0 Å². The number of benzene rings is 1. The summed E-state index contributed by atoms with van der Waals surface area (Å²) in [5.41, 5.74) is 6.40. The highest BCUT2D eigenvalue weighted by molar-refractivity contribution is 6.33. The summed E-state index contributed by atoms with van der Waals surface area (Å²) >= 11 is 5.88. The third kappa shape index (κ3) is 3.68. The fourth-order valence-electron chi connectivity index (χ4n) is 1.71. The van der Waals surface area contributed by atoms with Gasteiger partial charge in [0.15, 0.2) is 0 Å². The van der Waals surface area contributed by atoms with E-state index in [9.17, 15) is 9.18 Å². The van der Waals surface area contributed by atoms with Crippen LogP contribution in [0.4, 0.5) is 10.2 Å². The van der Waals surface area contributed by atoms with Gasteiger partial charge in [0, 0.05) is 6.54 Å². The van der Waals surface area contributed by atoms with Crippen LogP contribution in [0.5, 0.6) is 0 Å². The van der Waals surface area contributed by atoms with Crippen molar-refractivity contribution in [2.45, 2.75) is 6.42 Å². The van der Waals surface area contributed by atoms with Gasteiger partial charge in [0.2, 0.25) is 0 Å². The van der Waals surface area contributed by atoms with Gasteiger partial charge in [-0.25, -0.2) is 9.37 Å². The minimum atomic E-state index is -0.404. The molecular formula is C14H13ClFN3O. The van der Waals surface area contributed by atoms with Crippen LogP contribution in [0.1, 0.15) is 16.1 Å². The van der Waals surface area contributed by atoms with E-state index in [2.05, 4.69) is 10.3 Å². The van der Waals surface area contributed by atoms with Gasteiger partial charge in [0.25, 0.3) is 5.91 Å². The summed E-state index contributed by atoms with van der Waals surface area (Å²) in [6.07, 6.45) is 0.517. The van der Waals surface area contributed by atoms with Crippen LogP contribution in [0.2, 0.25) is 5.02 Å². The van der Waals surface area contributed by atoms with Crippen LogP contribution in [0.15, 0.2) is 36.4 Å². The molecule has 0 unspecified atom stereocenters. The predicted octanol–water partition coefficient (Wildman–Crippen LogP) is 2.43. The first kappa shape index (κ1) is 14.3. The number of nitrogens with two attached hydrogens (primary N) is 1. The van der Waals surface area contributed by atoms with Gasteiger partial charge in [-0.1, -0.05) is 23.7 Å². The van der Waals surface area contributed by atoms with Crippen LogP contribution in [0.25, 0.3) is 0 Å². The van der Waals surface area contributed by atoms with Crippen LogP contribution >= 0.6 is 11.6 Å². The third-order valence-electron chi connectivity index (χ3n) is 2.67. The van der Waals surface area contributed by atoms with E-state index >= 15 is 0 Å². The maximum absolute atomic E-state index is 13.0. The highest BCUT2D eigenvalue weighted by Crippen LogP contribution is 2.14. The average Bonchev–Trinajstić information content (AvgIpc) is 2.41. The SMILES string of the molecule is Nc1ccc(Cl)c(C(=O)NCCc2cccc(F)c2)n1. The molecule has 1 aromatic carbocycles. The highest BCUT2D eigenvalue weighted by Gasteiger charge is 2.12. The molecule has 0 saturated heterocycles. The number of aromatic nitrogens is 1. The van der Waals surface area contributed by atoms with Gasteiger partial charge in [0.05, 0.1) is 5.02 Å². The van der Waals surface area contributed by atoms with Gasteiger partial charge < -0.3 is 11.1 Å². The van der Waals surface area contributed by atoms with Crippen molar-refractivity contribution >= 4 is 23.3 Å². The number of amides is 1. The van der Waals surface area contributed by atoms with E-state index in [0.717, 1.165) is 5.56 Å². The molecule has 0 radical (unpaired) electrons. The Kier molecular flexibility index (Phi) is 4.53. The zero-order chi connectivity index (χ0) is 14.5. The summed E-state index contributed by atoms with van der Waals surface area (Å²) in [5.74, 6) is -0.474. The predicted molar refractivity (Wildman–Crippen MR) is 76.1 cm³/mol. The summed E-state index contributed by atoms with van der Waals surface area (Å²) in [5, 5.41) is 2.91. The number of halogens is 2. The summed E-state index contributed by atoms with van der Waals surface area (Å²) in [6.45, 7) is 0.356. The molecule has 0 aliphatic carbocycles. The molecule has 0 aliphatic heterocycles. The van der Waals surface area contributed by atoms with Crippen molar-refractivity contribution in [2.75, 3.05) is 12.3 Å². The molecule has 4 nitrogen and oxygen atoms in total. The Morgan fingerprint density at radius 1 is 1.35 bits per heavy atom. The van der Waals surface area contributed by atoms with Crippen molar-refractivity contribution in [3.05, 3.63) is 58.5 Å². The number of anilines is 1. The van der Waals surface area contributed by atoms with Crippen molar-refractivity contribution in [2.24, 2.45) is 0 Å². The van der Waals surface area contributed by atoms with Gasteiger partial charge in [0.1, 0.15) is 17.3 Å². The Morgan fingerprint density at radius 2 is 2.15 bits per heavy atom. The molecule has 6 heteroatoms. The molecule has 1 amide bonds. The molecular weight excluding hydrogens is 281 g/mol. The molecule has 0 atom stereocenters. The first-order valence-electron chi connectivity index (χ1n) is 6.01. The fourth-order valence-corrected chi connectivity index (χ4v) is 1.90. The van der Waals surface area contributed by atoms with Crippen LogP contribution in [0.3, 0.4) is 0 Å². The lowest BCUT2D eigenvalue weighted by atomic mass is 10.1. The molecule has 104 valence electrons. The van der Waals surface area contributed by atoms with Crippen molar-refractivity contribution in [1.29, 1.82) is 0 Å². The second-order valence-electron chi connectivity index (χ2n) is 4.20. The van der Waals surface area contributed by atoms with Gasteiger partial charge in [-0.05, 0) is 36.2 Å². The van der Waals surface area contributed by atoms with Crippen LogP contribution in [0, 0.1) is 5.82 Å².